The number of amides is 4. The molecule has 15 heteroatoms. The number of ether oxygens (including phenoxy) is 2. The topological polar surface area (TPSA) is 175 Å². The molecule has 0 aliphatic carbocycles. The van der Waals surface area contributed by atoms with Crippen LogP contribution in [0, 0.1) is 24.7 Å². The molecule has 5 heterocycles. The minimum absolute atomic E-state index is 0.0507. The van der Waals surface area contributed by atoms with Crippen molar-refractivity contribution in [2.24, 2.45) is 0 Å². The van der Waals surface area contributed by atoms with Crippen LogP contribution in [-0.4, -0.2) is 93.1 Å². The number of thiophene rings is 1. The van der Waals surface area contributed by atoms with E-state index in [1.54, 1.807) is 21.1 Å². The largest absolute Gasteiger partial charge is 0.453 e. The summed E-state index contributed by atoms with van der Waals surface area (Å²) in [5, 5.41) is 5.12. The van der Waals surface area contributed by atoms with Gasteiger partial charge < -0.3 is 39.9 Å². The molecule has 2 aliphatic heterocycles. The number of rotatable bonds is 10. The number of aromatic nitrogens is 4. The SMILES string of the molecule is C#CC[C@@H](NC(=O)OC)C(=O)N1CCC[C@H]1c1nc2ccc(-c3ccc(-c4ccc5nc([C@@H]6CCCN6C(=O)[C@@H](CC#C)NC(=O)OC)[nH]c5c4)s3)cc2[nH]1. The molecule has 0 saturated carbocycles. The summed E-state index contributed by atoms with van der Waals surface area (Å²) in [7, 11) is 2.48. The highest BCUT2D eigenvalue weighted by molar-refractivity contribution is 7.18. The average Bonchev–Trinajstić information content (AvgIpc) is 4.04. The second-order valence-electron chi connectivity index (χ2n) is 13.4. The Morgan fingerprint density at radius 1 is 0.764 bits per heavy atom. The van der Waals surface area contributed by atoms with E-state index in [4.69, 9.17) is 32.3 Å². The second-order valence-corrected chi connectivity index (χ2v) is 14.5. The van der Waals surface area contributed by atoms with Gasteiger partial charge in [-0.2, -0.15) is 0 Å². The number of likely N-dealkylation sites (tertiary alicyclic amines) is 2. The lowest BCUT2D eigenvalue weighted by molar-refractivity contribution is -0.135. The molecule has 14 nitrogen and oxygen atoms in total. The Hall–Kier alpha value is -6.32. The van der Waals surface area contributed by atoms with Crippen LogP contribution in [0.2, 0.25) is 0 Å². The van der Waals surface area contributed by atoms with Crippen molar-refractivity contribution in [1.82, 2.24) is 40.4 Å². The van der Waals surface area contributed by atoms with E-state index >= 15 is 0 Å². The summed E-state index contributed by atoms with van der Waals surface area (Å²) in [4.78, 5) is 72.9. The van der Waals surface area contributed by atoms with Gasteiger partial charge >= 0.3 is 12.2 Å². The van der Waals surface area contributed by atoms with Crippen LogP contribution in [0.15, 0.2) is 48.5 Å². The maximum Gasteiger partial charge on any atom is 0.407 e. The number of imidazole rings is 2. The zero-order chi connectivity index (χ0) is 38.6. The molecule has 282 valence electrons. The Balaban J connectivity index is 1.08. The van der Waals surface area contributed by atoms with Gasteiger partial charge in [0.05, 0.1) is 48.4 Å². The molecule has 4 atom stereocenters. The van der Waals surface area contributed by atoms with Crippen molar-refractivity contribution in [2.45, 2.75) is 62.7 Å². The number of benzene rings is 2. The van der Waals surface area contributed by atoms with Crippen molar-refractivity contribution in [3.05, 3.63) is 60.2 Å². The predicted octanol–water partition coefficient (Wildman–Crippen LogP) is 5.66. The van der Waals surface area contributed by atoms with E-state index in [9.17, 15) is 19.2 Å². The maximum absolute atomic E-state index is 13.5. The van der Waals surface area contributed by atoms with Crippen molar-refractivity contribution in [3.8, 4) is 45.6 Å². The van der Waals surface area contributed by atoms with Crippen molar-refractivity contribution in [1.29, 1.82) is 0 Å². The minimum Gasteiger partial charge on any atom is -0.453 e. The van der Waals surface area contributed by atoms with E-state index in [0.717, 1.165) is 68.6 Å². The van der Waals surface area contributed by atoms with Gasteiger partial charge in [0.15, 0.2) is 0 Å². The van der Waals surface area contributed by atoms with Gasteiger partial charge in [-0.05, 0) is 73.2 Å². The van der Waals surface area contributed by atoms with Gasteiger partial charge in [-0.15, -0.1) is 36.0 Å². The number of H-pyrrole nitrogens is 2. The van der Waals surface area contributed by atoms with Crippen molar-refractivity contribution < 1.29 is 28.7 Å². The Morgan fingerprint density at radius 3 is 1.60 bits per heavy atom. The van der Waals surface area contributed by atoms with Crippen LogP contribution in [0.4, 0.5) is 9.59 Å². The predicted molar refractivity (Wildman–Crippen MR) is 207 cm³/mol. The number of alkyl carbamates (subject to hydrolysis) is 2. The van der Waals surface area contributed by atoms with Crippen molar-refractivity contribution in [3.63, 3.8) is 0 Å². The summed E-state index contributed by atoms with van der Waals surface area (Å²) in [5.74, 6) is 5.79. The fourth-order valence-electron chi connectivity index (χ4n) is 7.40. The van der Waals surface area contributed by atoms with Gasteiger partial charge in [0.2, 0.25) is 11.8 Å². The highest BCUT2D eigenvalue weighted by Gasteiger charge is 2.37. The number of hydrogen-bond acceptors (Lipinski definition) is 9. The Labute approximate surface area is 321 Å². The normalized spacial score (nSPS) is 17.7. The summed E-state index contributed by atoms with van der Waals surface area (Å²) in [5.41, 5.74) is 5.33. The van der Waals surface area contributed by atoms with Gasteiger partial charge in [0, 0.05) is 35.7 Å². The highest BCUT2D eigenvalue weighted by Crippen LogP contribution is 2.38. The van der Waals surface area contributed by atoms with Gasteiger partial charge in [-0.25, -0.2) is 19.6 Å². The van der Waals surface area contributed by atoms with E-state index in [-0.39, 0.29) is 36.7 Å². The monoisotopic (exact) mass is 760 g/mol. The fourth-order valence-corrected chi connectivity index (χ4v) is 8.40. The first kappa shape index (κ1) is 37.0. The molecule has 7 rings (SSSR count). The molecule has 4 N–H and O–H groups in total. The first-order valence-electron chi connectivity index (χ1n) is 18.0. The lowest BCUT2D eigenvalue weighted by atomic mass is 10.1. The van der Waals surface area contributed by atoms with Crippen LogP contribution in [0.1, 0.15) is 62.3 Å². The minimum atomic E-state index is -0.887. The summed E-state index contributed by atoms with van der Waals surface area (Å²) < 4.78 is 9.39. The third kappa shape index (κ3) is 7.57. The molecule has 2 saturated heterocycles. The van der Waals surface area contributed by atoms with Crippen LogP contribution < -0.4 is 10.6 Å². The fraction of sp³-hybridized carbons (Fsp3) is 0.350. The third-order valence-corrected chi connectivity index (χ3v) is 11.3. The number of fused-ring (bicyclic) bond motifs is 2. The molecule has 0 unspecified atom stereocenters. The number of carbonyl (C=O) groups excluding carboxylic acids is 4. The van der Waals surface area contributed by atoms with Crippen LogP contribution in [-0.2, 0) is 19.1 Å². The van der Waals surface area contributed by atoms with E-state index in [0.29, 0.717) is 24.7 Å². The molecule has 0 radical (unpaired) electrons. The second kappa shape index (κ2) is 16.0. The van der Waals surface area contributed by atoms with Gasteiger partial charge in [0.1, 0.15) is 23.7 Å². The lowest BCUT2D eigenvalue weighted by Crippen LogP contribution is -2.48. The summed E-state index contributed by atoms with van der Waals surface area (Å²) in [6.07, 6.45) is 12.7. The number of nitrogens with one attached hydrogen (secondary N) is 4. The zero-order valence-corrected chi connectivity index (χ0v) is 31.2. The zero-order valence-electron chi connectivity index (χ0n) is 30.4. The number of nitrogens with zero attached hydrogens (tertiary/aromatic N) is 4. The Kier molecular flexibility index (Phi) is 10.7. The molecule has 2 aromatic carbocycles. The molecular formula is C40H40N8O6S. The van der Waals surface area contributed by atoms with Gasteiger partial charge in [-0.1, -0.05) is 12.1 Å². The quantitative estimate of drug-likeness (QED) is 0.132. The number of carbonyl (C=O) groups is 4. The van der Waals surface area contributed by atoms with E-state index in [1.807, 2.05) is 24.3 Å². The Bertz CT molecular complexity index is 2190. The van der Waals surface area contributed by atoms with Crippen molar-refractivity contribution >= 4 is 57.4 Å². The summed E-state index contributed by atoms with van der Waals surface area (Å²) in [6.45, 7) is 1.06. The molecule has 55 heavy (non-hydrogen) atoms. The summed E-state index contributed by atoms with van der Waals surface area (Å²) in [6, 6.07) is 14.0. The molecule has 5 aromatic rings. The van der Waals surface area contributed by atoms with Gasteiger partial charge in [-0.3, -0.25) is 9.59 Å². The first-order valence-corrected chi connectivity index (χ1v) is 18.8. The van der Waals surface area contributed by atoms with Crippen molar-refractivity contribution in [2.75, 3.05) is 27.3 Å². The van der Waals surface area contributed by atoms with Crippen LogP contribution in [0.3, 0.4) is 0 Å². The molecule has 0 bridgehead atoms. The molecule has 2 aliphatic rings. The van der Waals surface area contributed by atoms with Gasteiger partial charge in [0.25, 0.3) is 0 Å². The van der Waals surface area contributed by atoms with E-state index in [1.165, 1.54) is 14.2 Å². The lowest BCUT2D eigenvalue weighted by Gasteiger charge is -2.27. The number of methoxy groups -OCH3 is 2. The molecule has 0 spiro atoms. The average molecular weight is 761 g/mol. The number of aromatic amines is 2. The molecule has 2 fully saturated rings. The summed E-state index contributed by atoms with van der Waals surface area (Å²) >= 11 is 1.66. The van der Waals surface area contributed by atoms with E-state index in [2.05, 4.69) is 56.7 Å². The Morgan fingerprint density at radius 2 is 1.20 bits per heavy atom. The first-order chi connectivity index (χ1) is 26.7. The third-order valence-electron chi connectivity index (χ3n) is 10.1. The van der Waals surface area contributed by atoms with E-state index < -0.39 is 24.3 Å². The number of terminal acetylenes is 2. The van der Waals surface area contributed by atoms with Crippen LogP contribution in [0.25, 0.3) is 42.9 Å². The van der Waals surface area contributed by atoms with Crippen LogP contribution >= 0.6 is 11.3 Å². The smallest absolute Gasteiger partial charge is 0.407 e. The number of hydrogen-bond donors (Lipinski definition) is 4. The standard InChI is InChI=1S/C40H40N8O6S/c1-5-9-27(45-39(51)53-3)37(49)47-19-7-11-31(47)35-41-25-15-13-23(21-29(25)43-35)33-17-18-34(55-33)24-14-16-26-30(22-24)44-36(42-26)32-12-8-20-48(32)38(50)28(10-6-2)46-40(52)54-4/h1-2,13-18,21-22,27-28,31-32H,7-12,19-20H2,3-4H3,(H,41,43)(H,42,44)(H,45,51)(H,46,52)/t27-,28-,31+,32+/m1/s1. The maximum atomic E-state index is 13.5. The van der Waals surface area contributed by atoms with Crippen LogP contribution in [0.5, 0.6) is 0 Å². The molecule has 3 aromatic heterocycles. The molecule has 4 amide bonds. The highest BCUT2D eigenvalue weighted by atomic mass is 32.1. The molecular weight excluding hydrogens is 721 g/mol.